The summed E-state index contributed by atoms with van der Waals surface area (Å²) in [5, 5.41) is 3.89. The summed E-state index contributed by atoms with van der Waals surface area (Å²) in [6, 6.07) is 14.6. The summed E-state index contributed by atoms with van der Waals surface area (Å²) in [6.45, 7) is 7.28. The van der Waals surface area contributed by atoms with Crippen molar-refractivity contribution in [2.24, 2.45) is 0 Å². The highest BCUT2D eigenvalue weighted by Crippen LogP contribution is 2.42. The second-order valence-electron chi connectivity index (χ2n) is 8.76. The molecule has 5 nitrogen and oxygen atoms in total. The first kappa shape index (κ1) is 26.6. The highest BCUT2D eigenvalue weighted by Gasteiger charge is 2.20. The Morgan fingerprint density at radius 2 is 1.53 bits per heavy atom. The summed E-state index contributed by atoms with van der Waals surface area (Å²) in [5.41, 5.74) is 3.76. The number of amides is 1. The molecule has 4 rings (SSSR count). The van der Waals surface area contributed by atoms with E-state index in [4.69, 9.17) is 39.5 Å². The minimum atomic E-state index is -0.332. The normalized spacial score (nSPS) is 14.1. The number of nitrogens with zero attached hydrogens (tertiary/aromatic N) is 2. The number of hydrogen-bond acceptors (Lipinski definition) is 4. The number of carbonyl (C=O) groups is 1. The summed E-state index contributed by atoms with van der Waals surface area (Å²) in [4.78, 5) is 17.0. The molecule has 1 N–H and O–H groups in total. The van der Waals surface area contributed by atoms with Crippen LogP contribution in [-0.4, -0.2) is 43.6 Å². The molecular weight excluding hydrogens is 524 g/mol. The van der Waals surface area contributed by atoms with E-state index in [-0.39, 0.29) is 24.1 Å². The Kier molecular flexibility index (Phi) is 8.62. The van der Waals surface area contributed by atoms with Crippen LogP contribution in [0.1, 0.15) is 16.7 Å². The van der Waals surface area contributed by atoms with Crippen molar-refractivity contribution in [1.82, 2.24) is 4.90 Å². The Hall–Kier alpha value is -2.51. The predicted molar refractivity (Wildman–Crippen MR) is 145 cm³/mol. The van der Waals surface area contributed by atoms with Crippen molar-refractivity contribution in [2.45, 2.75) is 20.4 Å². The first-order valence-corrected chi connectivity index (χ1v) is 12.7. The summed E-state index contributed by atoms with van der Waals surface area (Å²) in [7, 11) is 0. The van der Waals surface area contributed by atoms with Crippen LogP contribution in [0.4, 0.5) is 15.8 Å². The molecule has 9 heteroatoms. The number of benzene rings is 3. The van der Waals surface area contributed by atoms with Crippen LogP contribution in [0.5, 0.6) is 5.75 Å². The third-order valence-electron chi connectivity index (χ3n) is 6.30. The molecule has 3 aromatic carbocycles. The average Bonchev–Trinajstić information content (AvgIpc) is 2.88. The van der Waals surface area contributed by atoms with E-state index in [1.807, 2.05) is 36.4 Å². The molecule has 3 aromatic rings. The fourth-order valence-electron chi connectivity index (χ4n) is 4.16. The molecular formula is C27H27Cl3FN3O2. The van der Waals surface area contributed by atoms with Gasteiger partial charge in [-0.1, -0.05) is 53.0 Å². The van der Waals surface area contributed by atoms with Crippen molar-refractivity contribution >= 4 is 52.1 Å². The van der Waals surface area contributed by atoms with Gasteiger partial charge in [0, 0.05) is 54.7 Å². The number of piperazine rings is 1. The van der Waals surface area contributed by atoms with Gasteiger partial charge in [0.15, 0.2) is 12.4 Å². The minimum absolute atomic E-state index is 0.160. The summed E-state index contributed by atoms with van der Waals surface area (Å²) >= 11 is 18.9. The average molecular weight is 551 g/mol. The van der Waals surface area contributed by atoms with Crippen LogP contribution < -0.4 is 15.0 Å². The van der Waals surface area contributed by atoms with E-state index in [1.54, 1.807) is 19.9 Å². The highest BCUT2D eigenvalue weighted by atomic mass is 35.5. The van der Waals surface area contributed by atoms with Crippen molar-refractivity contribution < 1.29 is 13.9 Å². The third kappa shape index (κ3) is 6.06. The quantitative estimate of drug-likeness (QED) is 0.354. The van der Waals surface area contributed by atoms with Gasteiger partial charge in [0.25, 0.3) is 5.91 Å². The predicted octanol–water partition coefficient (Wildman–Crippen LogP) is 6.74. The largest absolute Gasteiger partial charge is 0.481 e. The van der Waals surface area contributed by atoms with Crippen LogP contribution in [0.15, 0.2) is 48.5 Å². The molecule has 0 aliphatic carbocycles. The van der Waals surface area contributed by atoms with Gasteiger partial charge in [0.1, 0.15) is 5.82 Å². The molecule has 1 amide bonds. The Labute approximate surface area is 225 Å². The smallest absolute Gasteiger partial charge is 0.262 e. The first-order chi connectivity index (χ1) is 17.2. The van der Waals surface area contributed by atoms with Gasteiger partial charge in [0.2, 0.25) is 0 Å². The molecule has 1 heterocycles. The lowest BCUT2D eigenvalue weighted by Gasteiger charge is -2.36. The fourth-order valence-corrected chi connectivity index (χ4v) is 4.98. The monoisotopic (exact) mass is 549 g/mol. The maximum atomic E-state index is 13.9. The molecule has 1 aliphatic heterocycles. The maximum absolute atomic E-state index is 13.9. The van der Waals surface area contributed by atoms with Gasteiger partial charge in [-0.15, -0.1) is 0 Å². The standard InChI is InChI=1S/C27H27Cl3FN3O2/c1-17-24(28)18(2)26(30)27(25(17)29)36-16-23(35)32-20-7-9-21(10-8-20)34-13-11-33(12-14-34)15-19-5-3-4-6-22(19)31/h3-10H,11-16H2,1-2H3,(H,32,35). The molecule has 36 heavy (non-hydrogen) atoms. The zero-order chi connectivity index (χ0) is 25.8. The van der Waals surface area contributed by atoms with Crippen LogP contribution >= 0.6 is 34.8 Å². The SMILES string of the molecule is Cc1c(Cl)c(C)c(Cl)c(OCC(=O)Nc2ccc(N3CCN(Cc4ccccc4F)CC3)cc2)c1Cl. The van der Waals surface area contributed by atoms with Gasteiger partial charge >= 0.3 is 0 Å². The first-order valence-electron chi connectivity index (χ1n) is 11.6. The van der Waals surface area contributed by atoms with Crippen molar-refractivity contribution in [1.29, 1.82) is 0 Å². The molecule has 0 spiro atoms. The van der Waals surface area contributed by atoms with Crippen LogP contribution in [0.2, 0.25) is 15.1 Å². The molecule has 1 saturated heterocycles. The van der Waals surface area contributed by atoms with E-state index in [9.17, 15) is 9.18 Å². The van der Waals surface area contributed by atoms with E-state index >= 15 is 0 Å². The van der Waals surface area contributed by atoms with Gasteiger partial charge in [-0.05, 0) is 55.3 Å². The van der Waals surface area contributed by atoms with Gasteiger partial charge in [-0.25, -0.2) is 4.39 Å². The second kappa shape index (κ2) is 11.7. The number of halogens is 4. The molecule has 0 saturated carbocycles. The Morgan fingerprint density at radius 1 is 0.917 bits per heavy atom. The zero-order valence-corrected chi connectivity index (χ0v) is 22.4. The minimum Gasteiger partial charge on any atom is -0.481 e. The Bertz CT molecular complexity index is 1220. The highest BCUT2D eigenvalue weighted by molar-refractivity contribution is 6.42. The third-order valence-corrected chi connectivity index (χ3v) is 7.78. The number of carbonyl (C=O) groups excluding carboxylic acids is 1. The molecule has 0 radical (unpaired) electrons. The van der Waals surface area contributed by atoms with Gasteiger partial charge < -0.3 is 15.0 Å². The van der Waals surface area contributed by atoms with Gasteiger partial charge in [-0.2, -0.15) is 0 Å². The van der Waals surface area contributed by atoms with Crippen molar-refractivity contribution in [3.8, 4) is 5.75 Å². The van der Waals surface area contributed by atoms with Crippen LogP contribution in [0.3, 0.4) is 0 Å². The summed E-state index contributed by atoms with van der Waals surface area (Å²) in [5.74, 6) is -0.244. The van der Waals surface area contributed by atoms with Gasteiger partial charge in [0.05, 0.1) is 10.0 Å². The van der Waals surface area contributed by atoms with E-state index in [0.29, 0.717) is 38.4 Å². The molecule has 190 valence electrons. The van der Waals surface area contributed by atoms with E-state index in [2.05, 4.69) is 15.1 Å². The van der Waals surface area contributed by atoms with Crippen molar-refractivity contribution in [2.75, 3.05) is 43.0 Å². The summed E-state index contributed by atoms with van der Waals surface area (Å²) < 4.78 is 19.6. The van der Waals surface area contributed by atoms with Crippen molar-refractivity contribution in [3.63, 3.8) is 0 Å². The lowest BCUT2D eigenvalue weighted by atomic mass is 10.1. The maximum Gasteiger partial charge on any atom is 0.262 e. The fraction of sp³-hybridized carbons (Fsp3) is 0.296. The van der Waals surface area contributed by atoms with Crippen molar-refractivity contribution in [3.05, 3.63) is 86.1 Å². The number of hydrogen-bond donors (Lipinski definition) is 1. The Balaban J connectivity index is 1.28. The molecule has 1 aliphatic rings. The second-order valence-corrected chi connectivity index (χ2v) is 9.89. The van der Waals surface area contributed by atoms with Crippen LogP contribution in [-0.2, 0) is 11.3 Å². The van der Waals surface area contributed by atoms with Crippen LogP contribution in [0.25, 0.3) is 0 Å². The van der Waals surface area contributed by atoms with Gasteiger partial charge in [-0.3, -0.25) is 9.69 Å². The molecule has 0 unspecified atom stereocenters. The molecule has 0 bridgehead atoms. The lowest BCUT2D eigenvalue weighted by molar-refractivity contribution is -0.118. The number of nitrogens with one attached hydrogen (secondary N) is 1. The van der Waals surface area contributed by atoms with Crippen LogP contribution in [0, 0.1) is 19.7 Å². The molecule has 0 atom stereocenters. The van der Waals surface area contributed by atoms with E-state index in [0.717, 1.165) is 37.4 Å². The molecule has 1 fully saturated rings. The number of rotatable bonds is 7. The number of anilines is 2. The topological polar surface area (TPSA) is 44.8 Å². The summed E-state index contributed by atoms with van der Waals surface area (Å²) in [6.07, 6.45) is 0. The lowest BCUT2D eigenvalue weighted by Crippen LogP contribution is -2.46. The Morgan fingerprint density at radius 3 is 2.14 bits per heavy atom. The van der Waals surface area contributed by atoms with E-state index in [1.165, 1.54) is 6.07 Å². The molecule has 0 aromatic heterocycles. The van der Waals surface area contributed by atoms with E-state index < -0.39 is 0 Å². The number of ether oxygens (including phenoxy) is 1. The zero-order valence-electron chi connectivity index (χ0n) is 20.1.